The molecule has 2 rings (SSSR count). The molecule has 0 aliphatic heterocycles. The molecule has 104 valence electrons. The van der Waals surface area contributed by atoms with E-state index in [0.29, 0.717) is 21.9 Å². The molecule has 0 saturated carbocycles. The highest BCUT2D eigenvalue weighted by molar-refractivity contribution is 6.31. The fourth-order valence-corrected chi connectivity index (χ4v) is 1.83. The Balaban J connectivity index is 2.02. The van der Waals surface area contributed by atoms with Crippen LogP contribution >= 0.6 is 11.6 Å². The van der Waals surface area contributed by atoms with E-state index in [1.54, 1.807) is 30.3 Å². The van der Waals surface area contributed by atoms with Gasteiger partial charge < -0.3 is 9.47 Å². The van der Waals surface area contributed by atoms with Crippen molar-refractivity contribution in [2.75, 3.05) is 7.11 Å². The summed E-state index contributed by atoms with van der Waals surface area (Å²) in [6, 6.07) is 10.7. The van der Waals surface area contributed by atoms with Crippen LogP contribution in [0.1, 0.15) is 15.9 Å². The second kappa shape index (κ2) is 6.39. The Hall–Kier alpha value is -2.07. The standard InChI is InChI=1S/C15H12ClFO3/c1-19-15(18)10-3-6-13(7-4-10)20-9-11-2-5-12(17)8-14(11)16/h2-8H,9H2,1H3. The van der Waals surface area contributed by atoms with Gasteiger partial charge in [0, 0.05) is 5.56 Å². The van der Waals surface area contributed by atoms with Crippen molar-refractivity contribution in [3.63, 3.8) is 0 Å². The van der Waals surface area contributed by atoms with E-state index in [1.807, 2.05) is 0 Å². The molecule has 0 bridgehead atoms. The highest BCUT2D eigenvalue weighted by atomic mass is 35.5. The van der Waals surface area contributed by atoms with E-state index >= 15 is 0 Å². The van der Waals surface area contributed by atoms with Gasteiger partial charge in [0.25, 0.3) is 0 Å². The number of benzene rings is 2. The number of hydrogen-bond donors (Lipinski definition) is 0. The van der Waals surface area contributed by atoms with Gasteiger partial charge in [-0.25, -0.2) is 9.18 Å². The quantitative estimate of drug-likeness (QED) is 0.804. The van der Waals surface area contributed by atoms with E-state index < -0.39 is 5.97 Å². The number of carbonyl (C=O) groups excluding carboxylic acids is 1. The predicted molar refractivity (Wildman–Crippen MR) is 73.5 cm³/mol. The number of rotatable bonds is 4. The van der Waals surface area contributed by atoms with Crippen LogP contribution in [0, 0.1) is 5.82 Å². The third kappa shape index (κ3) is 3.48. The van der Waals surface area contributed by atoms with Gasteiger partial charge in [-0.3, -0.25) is 0 Å². The maximum atomic E-state index is 12.9. The van der Waals surface area contributed by atoms with Gasteiger partial charge in [0.15, 0.2) is 0 Å². The first kappa shape index (κ1) is 14.3. The minimum absolute atomic E-state index is 0.219. The molecule has 0 N–H and O–H groups in total. The maximum absolute atomic E-state index is 12.9. The highest BCUT2D eigenvalue weighted by Crippen LogP contribution is 2.20. The maximum Gasteiger partial charge on any atom is 0.337 e. The average Bonchev–Trinajstić information content (AvgIpc) is 2.46. The molecule has 0 spiro atoms. The lowest BCUT2D eigenvalue weighted by Gasteiger charge is -2.08. The zero-order valence-electron chi connectivity index (χ0n) is 10.7. The van der Waals surface area contributed by atoms with Gasteiger partial charge in [-0.2, -0.15) is 0 Å². The van der Waals surface area contributed by atoms with Gasteiger partial charge in [-0.05, 0) is 36.4 Å². The molecule has 0 aliphatic rings. The largest absolute Gasteiger partial charge is 0.489 e. The predicted octanol–water partition coefficient (Wildman–Crippen LogP) is 3.84. The van der Waals surface area contributed by atoms with Crippen molar-refractivity contribution in [1.82, 2.24) is 0 Å². The molecule has 0 saturated heterocycles. The Morgan fingerprint density at radius 1 is 1.20 bits per heavy atom. The fourth-order valence-electron chi connectivity index (χ4n) is 1.60. The Kier molecular flexibility index (Phi) is 4.58. The fraction of sp³-hybridized carbons (Fsp3) is 0.133. The number of hydrogen-bond acceptors (Lipinski definition) is 3. The molecule has 0 heterocycles. The van der Waals surface area contributed by atoms with E-state index in [9.17, 15) is 9.18 Å². The monoisotopic (exact) mass is 294 g/mol. The van der Waals surface area contributed by atoms with Gasteiger partial charge in [0.2, 0.25) is 0 Å². The molecule has 2 aromatic carbocycles. The van der Waals surface area contributed by atoms with Crippen LogP contribution in [0.2, 0.25) is 5.02 Å². The number of esters is 1. The third-order valence-electron chi connectivity index (χ3n) is 2.68. The van der Waals surface area contributed by atoms with E-state index in [1.165, 1.54) is 19.2 Å². The summed E-state index contributed by atoms with van der Waals surface area (Å²) in [6.07, 6.45) is 0. The lowest BCUT2D eigenvalue weighted by Crippen LogP contribution is -2.01. The first-order valence-corrected chi connectivity index (χ1v) is 6.23. The van der Waals surface area contributed by atoms with Gasteiger partial charge in [0.05, 0.1) is 17.7 Å². The van der Waals surface area contributed by atoms with Gasteiger partial charge >= 0.3 is 5.97 Å². The third-order valence-corrected chi connectivity index (χ3v) is 3.04. The zero-order valence-corrected chi connectivity index (χ0v) is 11.5. The summed E-state index contributed by atoms with van der Waals surface area (Å²) in [6.45, 7) is 0.219. The summed E-state index contributed by atoms with van der Waals surface area (Å²) in [5.41, 5.74) is 1.13. The van der Waals surface area contributed by atoms with Crippen LogP contribution in [0.15, 0.2) is 42.5 Å². The van der Waals surface area contributed by atoms with Crippen LogP contribution in [0.25, 0.3) is 0 Å². The van der Waals surface area contributed by atoms with Gasteiger partial charge in [-0.1, -0.05) is 17.7 Å². The van der Waals surface area contributed by atoms with Crippen LogP contribution in [0.3, 0.4) is 0 Å². The summed E-state index contributed by atoms with van der Waals surface area (Å²) in [5, 5.41) is 0.316. The number of methoxy groups -OCH3 is 1. The molecule has 0 aliphatic carbocycles. The Morgan fingerprint density at radius 3 is 2.50 bits per heavy atom. The van der Waals surface area contributed by atoms with Crippen LogP contribution in [0.4, 0.5) is 4.39 Å². The average molecular weight is 295 g/mol. The molecule has 0 radical (unpaired) electrons. The lowest BCUT2D eigenvalue weighted by molar-refractivity contribution is 0.0600. The number of halogens is 2. The van der Waals surface area contributed by atoms with Crippen LogP contribution in [-0.2, 0) is 11.3 Å². The minimum atomic E-state index is -0.405. The molecule has 3 nitrogen and oxygen atoms in total. The van der Waals surface area contributed by atoms with Crippen molar-refractivity contribution in [3.8, 4) is 5.75 Å². The summed E-state index contributed by atoms with van der Waals surface area (Å²) >= 11 is 5.90. The summed E-state index contributed by atoms with van der Waals surface area (Å²) in [4.78, 5) is 11.3. The molecule has 0 amide bonds. The number of carbonyl (C=O) groups is 1. The zero-order chi connectivity index (χ0) is 14.5. The second-order valence-electron chi connectivity index (χ2n) is 4.04. The Labute approximate surface area is 120 Å². The van der Waals surface area contributed by atoms with Crippen LogP contribution < -0.4 is 4.74 Å². The number of ether oxygens (including phenoxy) is 2. The normalized spacial score (nSPS) is 10.2. The van der Waals surface area contributed by atoms with Gasteiger partial charge in [0.1, 0.15) is 18.2 Å². The van der Waals surface area contributed by atoms with Crippen LogP contribution in [0.5, 0.6) is 5.75 Å². The molecule has 0 fully saturated rings. The molecule has 5 heteroatoms. The Morgan fingerprint density at radius 2 is 1.90 bits per heavy atom. The van der Waals surface area contributed by atoms with E-state index in [2.05, 4.69) is 4.74 Å². The van der Waals surface area contributed by atoms with E-state index in [4.69, 9.17) is 16.3 Å². The SMILES string of the molecule is COC(=O)c1ccc(OCc2ccc(F)cc2Cl)cc1. The van der Waals surface area contributed by atoms with Gasteiger partial charge in [-0.15, -0.1) is 0 Å². The first-order chi connectivity index (χ1) is 9.60. The van der Waals surface area contributed by atoms with Crippen molar-refractivity contribution in [2.24, 2.45) is 0 Å². The van der Waals surface area contributed by atoms with Crippen molar-refractivity contribution >= 4 is 17.6 Å². The minimum Gasteiger partial charge on any atom is -0.489 e. The lowest BCUT2D eigenvalue weighted by atomic mass is 10.2. The van der Waals surface area contributed by atoms with Crippen LogP contribution in [-0.4, -0.2) is 13.1 Å². The first-order valence-electron chi connectivity index (χ1n) is 5.85. The molecular weight excluding hydrogens is 283 g/mol. The smallest absolute Gasteiger partial charge is 0.337 e. The summed E-state index contributed by atoms with van der Waals surface area (Å²) in [5.74, 6) is -0.211. The molecular formula is C15H12ClFO3. The van der Waals surface area contributed by atoms with Crippen molar-refractivity contribution in [1.29, 1.82) is 0 Å². The highest BCUT2D eigenvalue weighted by Gasteiger charge is 2.06. The summed E-state index contributed by atoms with van der Waals surface area (Å²) in [7, 11) is 1.32. The molecule has 2 aromatic rings. The van der Waals surface area contributed by atoms with Crippen molar-refractivity contribution in [2.45, 2.75) is 6.61 Å². The molecule has 0 aromatic heterocycles. The van der Waals surface area contributed by atoms with Crippen molar-refractivity contribution < 1.29 is 18.7 Å². The van der Waals surface area contributed by atoms with E-state index in [0.717, 1.165) is 0 Å². The molecule has 20 heavy (non-hydrogen) atoms. The topological polar surface area (TPSA) is 35.5 Å². The second-order valence-corrected chi connectivity index (χ2v) is 4.45. The van der Waals surface area contributed by atoms with E-state index in [-0.39, 0.29) is 12.4 Å². The Bertz CT molecular complexity index is 611. The summed E-state index contributed by atoms with van der Waals surface area (Å²) < 4.78 is 23.0. The molecule has 0 unspecified atom stereocenters. The van der Waals surface area contributed by atoms with Crippen molar-refractivity contribution in [3.05, 3.63) is 64.4 Å². The molecule has 0 atom stereocenters.